The number of benzene rings is 1. The number of hydrogen-bond acceptors (Lipinski definition) is 4. The summed E-state index contributed by atoms with van der Waals surface area (Å²) in [5.74, 6) is 0. The Kier molecular flexibility index (Phi) is 4.91. The fraction of sp³-hybridized carbons (Fsp3) is 0.353. The normalized spacial score (nSPS) is 17.6. The molecule has 0 aliphatic carbocycles. The van der Waals surface area contributed by atoms with Gasteiger partial charge >= 0.3 is 0 Å². The predicted molar refractivity (Wildman–Crippen MR) is 86.4 cm³/mol. The molecule has 0 spiro atoms. The molecule has 1 saturated heterocycles. The molecule has 0 unspecified atom stereocenters. The van der Waals surface area contributed by atoms with Gasteiger partial charge in [-0.15, -0.1) is 0 Å². The lowest BCUT2D eigenvalue weighted by molar-refractivity contribution is 0.0323. The Morgan fingerprint density at radius 1 is 1.10 bits per heavy atom. The van der Waals surface area contributed by atoms with Crippen LogP contribution in [-0.2, 0) is 4.74 Å². The Morgan fingerprint density at radius 2 is 1.86 bits per heavy atom. The third-order valence-electron chi connectivity index (χ3n) is 3.65. The van der Waals surface area contributed by atoms with Gasteiger partial charge in [-0.3, -0.25) is 4.90 Å². The number of ether oxygens (including phenoxy) is 1. The van der Waals surface area contributed by atoms with E-state index in [0.717, 1.165) is 31.3 Å². The molecule has 21 heavy (non-hydrogen) atoms. The number of rotatable bonds is 4. The summed E-state index contributed by atoms with van der Waals surface area (Å²) in [5.41, 5.74) is 2.56. The fourth-order valence-electron chi connectivity index (χ4n) is 2.48. The predicted octanol–water partition coefficient (Wildman–Crippen LogP) is 3.51. The number of morpholine rings is 1. The van der Waals surface area contributed by atoms with Gasteiger partial charge < -0.3 is 4.74 Å². The topological polar surface area (TPSA) is 25.4 Å². The molecule has 4 heteroatoms. The maximum atomic E-state index is 5.49. The van der Waals surface area contributed by atoms with Gasteiger partial charge in [0.25, 0.3) is 0 Å². The molecule has 110 valence electrons. The lowest BCUT2D eigenvalue weighted by atomic mass is 10.2. The van der Waals surface area contributed by atoms with Crippen LogP contribution in [-0.4, -0.2) is 36.2 Å². The molecule has 0 radical (unpaired) electrons. The van der Waals surface area contributed by atoms with E-state index in [-0.39, 0.29) is 0 Å². The second kappa shape index (κ2) is 7.07. The fourth-order valence-corrected chi connectivity index (χ4v) is 3.72. The van der Waals surface area contributed by atoms with E-state index in [1.54, 1.807) is 0 Å². The molecule has 1 atom stereocenters. The zero-order valence-electron chi connectivity index (χ0n) is 12.2. The van der Waals surface area contributed by atoms with Crippen LogP contribution in [0.2, 0.25) is 0 Å². The largest absolute Gasteiger partial charge is 0.379 e. The lowest BCUT2D eigenvalue weighted by Crippen LogP contribution is -2.38. The molecule has 2 aromatic rings. The quantitative estimate of drug-likeness (QED) is 0.807. The van der Waals surface area contributed by atoms with Gasteiger partial charge in [0.2, 0.25) is 0 Å². The summed E-state index contributed by atoms with van der Waals surface area (Å²) in [5, 5.41) is 1.40. The zero-order valence-corrected chi connectivity index (χ0v) is 13.1. The highest BCUT2D eigenvalue weighted by molar-refractivity contribution is 7.99. The minimum absolute atomic E-state index is 0.295. The summed E-state index contributed by atoms with van der Waals surface area (Å²) < 4.78 is 5.49. The molecule has 0 bridgehead atoms. The van der Waals surface area contributed by atoms with Gasteiger partial charge in [-0.25, -0.2) is 4.98 Å². The number of thioether (sulfide) groups is 1. The van der Waals surface area contributed by atoms with E-state index >= 15 is 0 Å². The van der Waals surface area contributed by atoms with Gasteiger partial charge in [0, 0.05) is 19.3 Å². The van der Waals surface area contributed by atoms with Crippen LogP contribution in [0.25, 0.3) is 0 Å². The smallest absolute Gasteiger partial charge is 0.101 e. The van der Waals surface area contributed by atoms with E-state index in [9.17, 15) is 0 Å². The second-order valence-electron chi connectivity index (χ2n) is 5.15. The van der Waals surface area contributed by atoms with Crippen molar-refractivity contribution in [1.29, 1.82) is 0 Å². The van der Waals surface area contributed by atoms with Gasteiger partial charge in [0.1, 0.15) is 5.03 Å². The summed E-state index contributed by atoms with van der Waals surface area (Å²) in [6, 6.07) is 14.8. The average Bonchev–Trinajstić information content (AvgIpc) is 2.56. The Labute approximate surface area is 130 Å². The van der Waals surface area contributed by atoms with Crippen molar-refractivity contribution in [3.05, 3.63) is 59.8 Å². The van der Waals surface area contributed by atoms with Crippen molar-refractivity contribution in [3.63, 3.8) is 0 Å². The molecule has 2 heterocycles. The van der Waals surface area contributed by atoms with E-state index in [4.69, 9.17) is 4.74 Å². The summed E-state index contributed by atoms with van der Waals surface area (Å²) >= 11 is 1.83. The van der Waals surface area contributed by atoms with Crippen LogP contribution in [0, 0.1) is 6.92 Å². The molecular weight excluding hydrogens is 280 g/mol. The first kappa shape index (κ1) is 14.6. The standard InChI is InChI=1S/C17H20N2OS/c1-14-6-5-9-18-16(14)21-17(15-7-3-2-4-8-15)19-10-12-20-13-11-19/h2-9,17H,10-13H2,1H3/t17-/m1/s1. The van der Waals surface area contributed by atoms with Crippen molar-refractivity contribution in [2.24, 2.45) is 0 Å². The first-order chi connectivity index (χ1) is 10.3. The number of pyridine rings is 1. The minimum Gasteiger partial charge on any atom is -0.379 e. The molecule has 1 aromatic carbocycles. The highest BCUT2D eigenvalue weighted by atomic mass is 32.2. The van der Waals surface area contributed by atoms with Gasteiger partial charge in [0.15, 0.2) is 0 Å². The molecule has 1 aliphatic heterocycles. The van der Waals surface area contributed by atoms with Crippen molar-refractivity contribution in [3.8, 4) is 0 Å². The van der Waals surface area contributed by atoms with Crippen LogP contribution in [0.3, 0.4) is 0 Å². The van der Waals surface area contributed by atoms with Gasteiger partial charge in [0.05, 0.1) is 18.6 Å². The van der Waals surface area contributed by atoms with E-state index in [1.165, 1.54) is 11.1 Å². The van der Waals surface area contributed by atoms with Crippen molar-refractivity contribution < 1.29 is 4.74 Å². The highest BCUT2D eigenvalue weighted by Crippen LogP contribution is 2.38. The Morgan fingerprint density at radius 3 is 2.57 bits per heavy atom. The van der Waals surface area contributed by atoms with E-state index in [2.05, 4.69) is 53.2 Å². The number of nitrogens with zero attached hydrogens (tertiary/aromatic N) is 2. The van der Waals surface area contributed by atoms with Crippen LogP contribution in [0.4, 0.5) is 0 Å². The first-order valence-electron chi connectivity index (χ1n) is 7.29. The Bertz CT molecular complexity index is 570. The molecule has 1 fully saturated rings. The van der Waals surface area contributed by atoms with Crippen molar-refractivity contribution in [2.45, 2.75) is 17.3 Å². The average molecular weight is 300 g/mol. The Hall–Kier alpha value is -1.36. The first-order valence-corrected chi connectivity index (χ1v) is 8.17. The molecule has 0 saturated carbocycles. The van der Waals surface area contributed by atoms with Crippen LogP contribution in [0.15, 0.2) is 53.7 Å². The summed E-state index contributed by atoms with van der Waals surface area (Å²) in [4.78, 5) is 7.03. The third-order valence-corrected chi connectivity index (χ3v) is 5.09. The van der Waals surface area contributed by atoms with Crippen LogP contribution >= 0.6 is 11.8 Å². The van der Waals surface area contributed by atoms with Crippen LogP contribution in [0.5, 0.6) is 0 Å². The SMILES string of the molecule is Cc1cccnc1S[C@H](c1ccccc1)N1CCOCC1. The number of aromatic nitrogens is 1. The number of hydrogen-bond donors (Lipinski definition) is 0. The van der Waals surface area contributed by atoms with E-state index in [1.807, 2.05) is 24.0 Å². The monoisotopic (exact) mass is 300 g/mol. The third kappa shape index (κ3) is 3.64. The molecule has 1 aliphatic rings. The zero-order chi connectivity index (χ0) is 14.5. The maximum absolute atomic E-state index is 5.49. The van der Waals surface area contributed by atoms with Gasteiger partial charge in [-0.05, 0) is 24.1 Å². The molecular formula is C17H20N2OS. The van der Waals surface area contributed by atoms with E-state index < -0.39 is 0 Å². The van der Waals surface area contributed by atoms with Gasteiger partial charge in [-0.2, -0.15) is 0 Å². The molecule has 0 N–H and O–H groups in total. The summed E-state index contributed by atoms with van der Waals surface area (Å²) in [7, 11) is 0. The molecule has 1 aromatic heterocycles. The van der Waals surface area contributed by atoms with Gasteiger partial charge in [-0.1, -0.05) is 48.2 Å². The van der Waals surface area contributed by atoms with Crippen molar-refractivity contribution >= 4 is 11.8 Å². The van der Waals surface area contributed by atoms with E-state index in [0.29, 0.717) is 5.37 Å². The molecule has 3 rings (SSSR count). The Balaban J connectivity index is 1.87. The van der Waals surface area contributed by atoms with Crippen molar-refractivity contribution in [1.82, 2.24) is 9.88 Å². The lowest BCUT2D eigenvalue weighted by Gasteiger charge is -2.34. The van der Waals surface area contributed by atoms with Crippen LogP contribution in [0.1, 0.15) is 16.5 Å². The van der Waals surface area contributed by atoms with Crippen molar-refractivity contribution in [2.75, 3.05) is 26.3 Å². The second-order valence-corrected chi connectivity index (χ2v) is 6.22. The van der Waals surface area contributed by atoms with Crippen LogP contribution < -0.4 is 0 Å². The highest BCUT2D eigenvalue weighted by Gasteiger charge is 2.24. The minimum atomic E-state index is 0.295. The summed E-state index contributed by atoms with van der Waals surface area (Å²) in [6.07, 6.45) is 1.87. The molecule has 3 nitrogen and oxygen atoms in total. The summed E-state index contributed by atoms with van der Waals surface area (Å²) in [6.45, 7) is 5.68. The number of aryl methyl sites for hydroxylation is 1. The molecule has 0 amide bonds. The maximum Gasteiger partial charge on any atom is 0.101 e.